The van der Waals surface area contributed by atoms with Crippen molar-refractivity contribution < 1.29 is 72.8 Å². The molecule has 0 atom stereocenters. The maximum Gasteiger partial charge on any atom is 1.00 e. The van der Waals surface area contributed by atoms with E-state index in [1.807, 2.05) is 60.7 Å². The molecular formula is C60H63BN6NaO9. The Bertz CT molecular complexity index is 3440. The Morgan fingerprint density at radius 1 is 0.571 bits per heavy atom. The minimum absolute atomic E-state index is 0. The molecule has 2 amide bonds. The van der Waals surface area contributed by atoms with E-state index < -0.39 is 17.9 Å². The Morgan fingerprint density at radius 3 is 1.47 bits per heavy atom. The number of likely N-dealkylation sites (tertiary alicyclic amines) is 1. The second kappa shape index (κ2) is 25.8. The van der Waals surface area contributed by atoms with E-state index in [0.717, 1.165) is 114 Å². The Balaban J connectivity index is 0.000000159. The molecule has 2 spiro atoms. The summed E-state index contributed by atoms with van der Waals surface area (Å²) in [4.78, 5) is 75.1. The zero-order chi connectivity index (χ0) is 54.0. The van der Waals surface area contributed by atoms with Crippen LogP contribution in [0.5, 0.6) is 0 Å². The summed E-state index contributed by atoms with van der Waals surface area (Å²) in [5.41, 5.74) is 10.9. The molecule has 17 heteroatoms. The van der Waals surface area contributed by atoms with Gasteiger partial charge in [-0.05, 0) is 137 Å². The monoisotopic (exact) mass is 1050 g/mol. The first-order valence-electron chi connectivity index (χ1n) is 25.7. The van der Waals surface area contributed by atoms with Gasteiger partial charge in [0.15, 0.2) is 0 Å². The van der Waals surface area contributed by atoms with Gasteiger partial charge in [-0.2, -0.15) is 0 Å². The first-order chi connectivity index (χ1) is 36.8. The van der Waals surface area contributed by atoms with E-state index in [4.69, 9.17) is 0 Å². The second-order valence-corrected chi connectivity index (χ2v) is 19.2. The number of benzene rings is 6. The molecule has 3 N–H and O–H groups in total. The van der Waals surface area contributed by atoms with Crippen molar-refractivity contribution in [2.75, 3.05) is 36.8 Å². The molecule has 0 bridgehead atoms. The molecule has 77 heavy (non-hydrogen) atoms. The van der Waals surface area contributed by atoms with Crippen LogP contribution in [0, 0.1) is 0 Å². The van der Waals surface area contributed by atoms with Gasteiger partial charge in [0.1, 0.15) is 6.29 Å². The third kappa shape index (κ3) is 12.4. The average Bonchev–Trinajstić information content (AvgIpc) is 4.26. The van der Waals surface area contributed by atoms with Crippen LogP contribution in [-0.2, 0) is 68.9 Å². The Kier molecular flexibility index (Phi) is 19.3. The van der Waals surface area contributed by atoms with Crippen LogP contribution in [0.1, 0.15) is 87.4 Å². The molecule has 6 heterocycles. The number of carbonyl (C=O) groups excluding carboxylic acids is 6. The number of nitrogens with one attached hydrogen (secondary N) is 3. The summed E-state index contributed by atoms with van der Waals surface area (Å²) in [5, 5.41) is 14.5. The van der Waals surface area contributed by atoms with Gasteiger partial charge in [-0.15, -0.1) is 0 Å². The molecule has 6 aromatic carbocycles. The molecule has 0 unspecified atom stereocenters. The van der Waals surface area contributed by atoms with Crippen molar-refractivity contribution >= 4 is 99.0 Å². The minimum Gasteiger partial charge on any atom is -0.793 e. The molecule has 3 radical (unpaired) electrons. The van der Waals surface area contributed by atoms with Gasteiger partial charge in [-0.3, -0.25) is 24.1 Å². The number of rotatable bonds is 5. The normalized spacial score (nSPS) is 15.4. The molecule has 8 aromatic rings. The molecule has 0 aliphatic carbocycles. The SMILES string of the molecule is CC(=O)OOC(C)=O.CCn1c2ccccc2c2cc(C=O)ccc21.CCn1c2ccccc2c2cc(CN3CCC4(CC3)C(=O)Nc3ccccc34)ccc21.O=C1Nc2ccccc2C12CCNCC2.[B-]OC(C)=O.[Na+]. The number of carbonyl (C=O) groups is 6. The van der Waals surface area contributed by atoms with Gasteiger partial charge in [0.05, 0.1) is 10.8 Å². The smallest absolute Gasteiger partial charge is 0.793 e. The molecule has 391 valence electrons. The van der Waals surface area contributed by atoms with Crippen molar-refractivity contribution in [3.05, 3.63) is 156 Å². The van der Waals surface area contributed by atoms with Crippen LogP contribution in [0.3, 0.4) is 0 Å². The number of amides is 2. The summed E-state index contributed by atoms with van der Waals surface area (Å²) in [5.74, 6) is -1.38. The fourth-order valence-electron chi connectivity index (χ4n) is 11.1. The van der Waals surface area contributed by atoms with Crippen LogP contribution in [0.25, 0.3) is 43.6 Å². The first kappa shape index (κ1) is 57.6. The number of aromatic nitrogens is 2. The third-order valence-corrected chi connectivity index (χ3v) is 14.7. The zero-order valence-electron chi connectivity index (χ0n) is 44.7. The van der Waals surface area contributed by atoms with E-state index in [-0.39, 0.29) is 52.2 Å². The fraction of sp³-hybridized carbons (Fsp3) is 0.300. The van der Waals surface area contributed by atoms with Gasteiger partial charge >= 0.3 is 41.5 Å². The van der Waals surface area contributed by atoms with Crippen molar-refractivity contribution in [3.63, 3.8) is 0 Å². The van der Waals surface area contributed by atoms with E-state index in [1.54, 1.807) is 0 Å². The molecule has 4 aliphatic heterocycles. The standard InChI is InChI=1S/C27H27N3O.C15H13NO.C12H14N2O.C4H6O4.C2H3BO2.Na/c1-2-30-24-10-6-3-7-20(24)21-17-19(11-12-25(21)30)18-29-15-13-27(14-16-29)22-8-4-5-9-23(22)28-26(27)31;1-2-16-14-6-4-3-5-12(14)13-9-11(10-17)7-8-15(13)16;15-11-12(5-7-13-8-6-12)9-3-1-2-4-10(9)14-11;1-3(5)7-8-4(2)6;1-2(4)5-3;/h3-12,17H,2,13-16,18H2,1H3,(H,28,31);3-10H,2H2,1H3;1-4,13H,5-8H2,(H,14,15);1-2H3;1H3;/q;;;;-1;+1. The topological polar surface area (TPSA) is 179 Å². The van der Waals surface area contributed by atoms with Crippen LogP contribution in [-0.4, -0.2) is 84.3 Å². The maximum atomic E-state index is 12.8. The van der Waals surface area contributed by atoms with Crippen LogP contribution in [0.2, 0.25) is 0 Å². The van der Waals surface area contributed by atoms with E-state index in [1.165, 1.54) is 61.8 Å². The van der Waals surface area contributed by atoms with E-state index in [0.29, 0.717) is 0 Å². The maximum absolute atomic E-state index is 12.8. The number of fused-ring (bicyclic) bond motifs is 10. The first-order valence-corrected chi connectivity index (χ1v) is 25.7. The van der Waals surface area contributed by atoms with Crippen LogP contribution in [0.4, 0.5) is 11.4 Å². The quantitative estimate of drug-likeness (QED) is 0.0711. The van der Waals surface area contributed by atoms with Gasteiger partial charge in [-0.1, -0.05) is 78.9 Å². The summed E-state index contributed by atoms with van der Waals surface area (Å²) in [6.07, 6.45) is 4.49. The molecule has 2 saturated heterocycles. The summed E-state index contributed by atoms with van der Waals surface area (Å²) in [7, 11) is 4.32. The fourth-order valence-corrected chi connectivity index (χ4v) is 11.1. The van der Waals surface area contributed by atoms with Gasteiger partial charge in [-0.25, -0.2) is 19.4 Å². The number of aldehydes is 1. The summed E-state index contributed by atoms with van der Waals surface area (Å²) >= 11 is 0. The van der Waals surface area contributed by atoms with Crippen LogP contribution < -0.4 is 45.5 Å². The van der Waals surface area contributed by atoms with Crippen molar-refractivity contribution in [3.8, 4) is 0 Å². The number of para-hydroxylation sites is 4. The number of hydrogen-bond acceptors (Lipinski definition) is 11. The second-order valence-electron chi connectivity index (χ2n) is 19.2. The van der Waals surface area contributed by atoms with Crippen LogP contribution in [0.15, 0.2) is 133 Å². The third-order valence-electron chi connectivity index (χ3n) is 14.7. The van der Waals surface area contributed by atoms with Crippen molar-refractivity contribution in [2.24, 2.45) is 0 Å². The zero-order valence-corrected chi connectivity index (χ0v) is 46.7. The largest absolute Gasteiger partial charge is 1.00 e. The molecule has 2 aromatic heterocycles. The minimum atomic E-state index is -0.639. The number of piperidine rings is 2. The predicted octanol–water partition coefficient (Wildman–Crippen LogP) is 6.85. The number of aryl methyl sites for hydroxylation is 2. The van der Waals surface area contributed by atoms with Gasteiger partial charge in [0.25, 0.3) is 0 Å². The van der Waals surface area contributed by atoms with Gasteiger partial charge in [0, 0.05) is 101 Å². The Morgan fingerprint density at radius 2 is 1.00 bits per heavy atom. The molecule has 4 aliphatic rings. The molecule has 0 saturated carbocycles. The van der Waals surface area contributed by atoms with Crippen molar-refractivity contribution in [1.82, 2.24) is 19.4 Å². The molecule has 15 nitrogen and oxygen atoms in total. The molecular weight excluding hydrogens is 982 g/mol. The van der Waals surface area contributed by atoms with E-state index in [9.17, 15) is 28.8 Å². The number of nitrogens with zero attached hydrogens (tertiary/aromatic N) is 3. The van der Waals surface area contributed by atoms with Crippen molar-refractivity contribution in [2.45, 2.75) is 90.8 Å². The Hall–Kier alpha value is -7.08. The number of hydrogen-bond donors (Lipinski definition) is 3. The average molecular weight is 1050 g/mol. The summed E-state index contributed by atoms with van der Waals surface area (Å²) in [6, 6.07) is 46.1. The van der Waals surface area contributed by atoms with Crippen LogP contribution >= 0.6 is 0 Å². The van der Waals surface area contributed by atoms with E-state index in [2.05, 4.69) is 139 Å². The van der Waals surface area contributed by atoms with Gasteiger partial charge in [0.2, 0.25) is 17.8 Å². The number of anilines is 2. The molecule has 12 rings (SSSR count). The van der Waals surface area contributed by atoms with E-state index >= 15 is 0 Å². The summed E-state index contributed by atoms with van der Waals surface area (Å²) < 4.78 is 8.29. The molecule has 2 fully saturated rings. The Labute approximate surface area is 471 Å². The predicted molar refractivity (Wildman–Crippen MR) is 297 cm³/mol. The van der Waals surface area contributed by atoms with Gasteiger partial charge < -0.3 is 37.8 Å². The van der Waals surface area contributed by atoms with Crippen molar-refractivity contribution in [1.29, 1.82) is 0 Å². The summed E-state index contributed by atoms with van der Waals surface area (Å²) in [6.45, 7) is 14.5.